The molecule has 3 aromatic rings. The molecule has 0 radical (unpaired) electrons. The fourth-order valence-electron chi connectivity index (χ4n) is 2.33. The Labute approximate surface area is 124 Å². The van der Waals surface area contributed by atoms with E-state index in [-0.39, 0.29) is 0 Å². The summed E-state index contributed by atoms with van der Waals surface area (Å²) in [6.07, 6.45) is 4.73. The molecule has 0 saturated carbocycles. The maximum atomic E-state index is 4.67. The van der Waals surface area contributed by atoms with Crippen molar-refractivity contribution in [3.63, 3.8) is 0 Å². The summed E-state index contributed by atoms with van der Waals surface area (Å²) in [5, 5.41) is 4.36. The van der Waals surface area contributed by atoms with Crippen LogP contribution in [-0.2, 0) is 0 Å². The zero-order chi connectivity index (χ0) is 14.7. The highest BCUT2D eigenvalue weighted by molar-refractivity contribution is 5.93. The number of benzene rings is 1. The van der Waals surface area contributed by atoms with Crippen LogP contribution in [-0.4, -0.2) is 21.5 Å². The van der Waals surface area contributed by atoms with E-state index in [2.05, 4.69) is 45.4 Å². The number of rotatable bonds is 4. The number of anilines is 1. The predicted octanol–water partition coefficient (Wildman–Crippen LogP) is 3.82. The largest absolute Gasteiger partial charge is 0.354 e. The van der Waals surface area contributed by atoms with Crippen LogP contribution in [0, 0.1) is 6.92 Å². The first-order valence-electron chi connectivity index (χ1n) is 7.21. The molecule has 0 saturated heterocycles. The smallest absolute Gasteiger partial charge is 0.223 e. The van der Waals surface area contributed by atoms with Gasteiger partial charge in [0.25, 0.3) is 0 Å². The molecule has 1 aromatic carbocycles. The number of aryl methyl sites for hydroxylation is 1. The van der Waals surface area contributed by atoms with Gasteiger partial charge in [0.2, 0.25) is 5.95 Å². The molecule has 2 heterocycles. The van der Waals surface area contributed by atoms with Crippen LogP contribution in [0.4, 0.5) is 5.95 Å². The van der Waals surface area contributed by atoms with E-state index in [4.69, 9.17) is 0 Å². The Hall–Kier alpha value is -2.49. The maximum absolute atomic E-state index is 4.67. The molecule has 0 spiro atoms. The summed E-state index contributed by atoms with van der Waals surface area (Å²) in [5.74, 6) is 0.672. The number of fused-ring (bicyclic) bond motifs is 1. The van der Waals surface area contributed by atoms with Crippen molar-refractivity contribution in [2.24, 2.45) is 0 Å². The predicted molar refractivity (Wildman–Crippen MR) is 86.3 cm³/mol. The van der Waals surface area contributed by atoms with Crippen molar-refractivity contribution in [2.45, 2.75) is 20.3 Å². The van der Waals surface area contributed by atoms with Crippen molar-refractivity contribution >= 4 is 16.9 Å². The second-order valence-electron chi connectivity index (χ2n) is 5.03. The summed E-state index contributed by atoms with van der Waals surface area (Å²) in [4.78, 5) is 13.5. The van der Waals surface area contributed by atoms with Crippen LogP contribution >= 0.6 is 0 Å². The van der Waals surface area contributed by atoms with Crippen LogP contribution in [0.25, 0.3) is 22.2 Å². The van der Waals surface area contributed by atoms with Gasteiger partial charge in [0.1, 0.15) is 0 Å². The Bertz CT molecular complexity index is 762. The third kappa shape index (κ3) is 2.70. The second kappa shape index (κ2) is 5.87. The minimum atomic E-state index is 0.672. The molecule has 106 valence electrons. The Morgan fingerprint density at radius 2 is 1.95 bits per heavy atom. The molecule has 0 atom stereocenters. The number of nitrogens with one attached hydrogen (secondary N) is 1. The van der Waals surface area contributed by atoms with Crippen molar-refractivity contribution in [3.05, 3.63) is 48.3 Å². The van der Waals surface area contributed by atoms with E-state index < -0.39 is 0 Å². The van der Waals surface area contributed by atoms with E-state index in [0.717, 1.165) is 40.7 Å². The standard InChI is InChI=1S/C17H18N4/c1-3-9-19-17-20-11-12(2)15(21-17)14-8-4-6-13-7-5-10-18-16(13)14/h4-8,10-11H,3,9H2,1-2H3,(H,19,20,21). The normalized spacial score (nSPS) is 10.8. The van der Waals surface area contributed by atoms with Gasteiger partial charge in [0.05, 0.1) is 11.2 Å². The van der Waals surface area contributed by atoms with Crippen molar-refractivity contribution in [2.75, 3.05) is 11.9 Å². The Morgan fingerprint density at radius 3 is 2.81 bits per heavy atom. The molecule has 0 aliphatic rings. The van der Waals surface area contributed by atoms with Crippen molar-refractivity contribution in [3.8, 4) is 11.3 Å². The Kier molecular flexibility index (Phi) is 3.77. The highest BCUT2D eigenvalue weighted by Crippen LogP contribution is 2.28. The van der Waals surface area contributed by atoms with Gasteiger partial charge in [0.15, 0.2) is 0 Å². The molecule has 0 bridgehead atoms. The third-order valence-corrected chi connectivity index (χ3v) is 3.39. The average Bonchev–Trinajstić information content (AvgIpc) is 2.54. The van der Waals surface area contributed by atoms with Crippen LogP contribution in [0.2, 0.25) is 0 Å². The van der Waals surface area contributed by atoms with Gasteiger partial charge in [0, 0.05) is 29.9 Å². The van der Waals surface area contributed by atoms with Gasteiger partial charge in [-0.25, -0.2) is 9.97 Å². The van der Waals surface area contributed by atoms with Crippen LogP contribution in [0.5, 0.6) is 0 Å². The number of hydrogen-bond donors (Lipinski definition) is 1. The lowest BCUT2D eigenvalue weighted by Crippen LogP contribution is -2.05. The first-order valence-corrected chi connectivity index (χ1v) is 7.21. The van der Waals surface area contributed by atoms with E-state index in [0.29, 0.717) is 5.95 Å². The summed E-state index contributed by atoms with van der Waals surface area (Å²) < 4.78 is 0. The van der Waals surface area contributed by atoms with Gasteiger partial charge in [-0.05, 0) is 25.0 Å². The minimum absolute atomic E-state index is 0.672. The average molecular weight is 278 g/mol. The van der Waals surface area contributed by atoms with E-state index in [1.807, 2.05) is 31.5 Å². The lowest BCUT2D eigenvalue weighted by Gasteiger charge is -2.10. The molecule has 3 rings (SSSR count). The molecule has 21 heavy (non-hydrogen) atoms. The summed E-state index contributed by atoms with van der Waals surface area (Å²) in [5.41, 5.74) is 4.01. The molecular weight excluding hydrogens is 260 g/mol. The lowest BCUT2D eigenvalue weighted by molar-refractivity contribution is 0.951. The van der Waals surface area contributed by atoms with E-state index in [9.17, 15) is 0 Å². The van der Waals surface area contributed by atoms with Gasteiger partial charge in [-0.2, -0.15) is 0 Å². The van der Waals surface area contributed by atoms with Crippen molar-refractivity contribution in [1.82, 2.24) is 15.0 Å². The first-order chi connectivity index (χ1) is 10.3. The van der Waals surface area contributed by atoms with E-state index in [1.165, 1.54) is 0 Å². The van der Waals surface area contributed by atoms with Crippen LogP contribution in [0.15, 0.2) is 42.7 Å². The second-order valence-corrected chi connectivity index (χ2v) is 5.03. The zero-order valence-electron chi connectivity index (χ0n) is 12.3. The maximum Gasteiger partial charge on any atom is 0.223 e. The number of para-hydroxylation sites is 1. The molecule has 4 heteroatoms. The summed E-state index contributed by atoms with van der Waals surface area (Å²) in [6, 6.07) is 10.2. The quantitative estimate of drug-likeness (QED) is 0.788. The van der Waals surface area contributed by atoms with Gasteiger partial charge >= 0.3 is 0 Å². The highest BCUT2D eigenvalue weighted by atomic mass is 15.1. The molecule has 2 aromatic heterocycles. The topological polar surface area (TPSA) is 50.7 Å². The fourth-order valence-corrected chi connectivity index (χ4v) is 2.33. The number of aromatic nitrogens is 3. The summed E-state index contributed by atoms with van der Waals surface area (Å²) in [6.45, 7) is 5.02. The van der Waals surface area contributed by atoms with Gasteiger partial charge in [-0.3, -0.25) is 4.98 Å². The highest BCUT2D eigenvalue weighted by Gasteiger charge is 2.10. The molecule has 0 aliphatic carbocycles. The fraction of sp³-hybridized carbons (Fsp3) is 0.235. The molecule has 0 unspecified atom stereocenters. The summed E-state index contributed by atoms with van der Waals surface area (Å²) in [7, 11) is 0. The SMILES string of the molecule is CCCNc1ncc(C)c(-c2cccc3cccnc23)n1. The molecule has 0 aliphatic heterocycles. The number of pyridine rings is 1. The van der Waals surface area contributed by atoms with Gasteiger partial charge in [-0.15, -0.1) is 0 Å². The van der Waals surface area contributed by atoms with E-state index in [1.54, 1.807) is 0 Å². The monoisotopic (exact) mass is 278 g/mol. The van der Waals surface area contributed by atoms with Gasteiger partial charge < -0.3 is 5.32 Å². The van der Waals surface area contributed by atoms with Crippen LogP contribution < -0.4 is 5.32 Å². The minimum Gasteiger partial charge on any atom is -0.354 e. The van der Waals surface area contributed by atoms with Crippen molar-refractivity contribution < 1.29 is 0 Å². The van der Waals surface area contributed by atoms with E-state index >= 15 is 0 Å². The van der Waals surface area contributed by atoms with Gasteiger partial charge in [-0.1, -0.05) is 31.2 Å². The lowest BCUT2D eigenvalue weighted by atomic mass is 10.0. The number of nitrogens with zero attached hydrogens (tertiary/aromatic N) is 3. The zero-order valence-corrected chi connectivity index (χ0v) is 12.3. The Morgan fingerprint density at radius 1 is 1.10 bits per heavy atom. The molecule has 4 nitrogen and oxygen atoms in total. The summed E-state index contributed by atoms with van der Waals surface area (Å²) >= 11 is 0. The van der Waals surface area contributed by atoms with Crippen LogP contribution in [0.3, 0.4) is 0 Å². The molecule has 0 fully saturated rings. The first kappa shape index (κ1) is 13.5. The third-order valence-electron chi connectivity index (χ3n) is 3.39. The molecule has 1 N–H and O–H groups in total. The molecule has 0 amide bonds. The number of hydrogen-bond acceptors (Lipinski definition) is 4. The van der Waals surface area contributed by atoms with Crippen LogP contribution in [0.1, 0.15) is 18.9 Å². The van der Waals surface area contributed by atoms with Crippen molar-refractivity contribution in [1.29, 1.82) is 0 Å². The molecular formula is C17H18N4. The Balaban J connectivity index is 2.13.